The molecule has 150 valence electrons. The third-order valence-corrected chi connectivity index (χ3v) is 5.28. The molecule has 1 heterocycles. The number of imide groups is 1. The zero-order valence-electron chi connectivity index (χ0n) is 15.6. The van der Waals surface area contributed by atoms with Gasteiger partial charge in [0.1, 0.15) is 6.04 Å². The zero-order valence-corrected chi connectivity index (χ0v) is 17.2. The molecule has 0 unspecified atom stereocenters. The van der Waals surface area contributed by atoms with Gasteiger partial charge >= 0.3 is 0 Å². The lowest BCUT2D eigenvalue weighted by molar-refractivity contribution is -0.119. The Morgan fingerprint density at radius 2 is 1.37 bits per heavy atom. The van der Waals surface area contributed by atoms with Crippen molar-refractivity contribution in [2.24, 2.45) is 0 Å². The summed E-state index contributed by atoms with van der Waals surface area (Å²) in [5, 5.41) is 3.45. The molecule has 0 radical (unpaired) electrons. The Hall–Kier alpha value is -3.15. The number of rotatable bonds is 5. The highest BCUT2D eigenvalue weighted by atomic mass is 35.5. The van der Waals surface area contributed by atoms with E-state index in [0.717, 1.165) is 10.5 Å². The second kappa shape index (κ2) is 8.30. The van der Waals surface area contributed by atoms with E-state index in [2.05, 4.69) is 5.32 Å². The first kappa shape index (κ1) is 20.1. The molecule has 3 aromatic rings. The number of halogens is 2. The Labute approximate surface area is 183 Å². The van der Waals surface area contributed by atoms with E-state index in [1.165, 1.54) is 0 Å². The second-order valence-electron chi connectivity index (χ2n) is 6.88. The molecule has 0 spiro atoms. The minimum Gasteiger partial charge on any atom is -0.324 e. The molecule has 3 aromatic carbocycles. The maximum atomic E-state index is 13.2. The van der Waals surface area contributed by atoms with Crippen molar-refractivity contribution in [3.8, 4) is 0 Å². The second-order valence-corrected chi connectivity index (χ2v) is 7.75. The lowest BCUT2D eigenvalue weighted by atomic mass is 10.0. The van der Waals surface area contributed by atoms with Gasteiger partial charge in [-0.25, -0.2) is 0 Å². The van der Waals surface area contributed by atoms with Crippen LogP contribution in [-0.2, 0) is 11.2 Å². The van der Waals surface area contributed by atoms with Crippen LogP contribution in [0.1, 0.15) is 26.3 Å². The van der Waals surface area contributed by atoms with E-state index in [-0.39, 0.29) is 6.42 Å². The number of amides is 3. The van der Waals surface area contributed by atoms with E-state index in [9.17, 15) is 14.4 Å². The molecule has 1 N–H and O–H groups in total. The Kier molecular flexibility index (Phi) is 5.57. The number of hydrogen-bond donors (Lipinski definition) is 1. The van der Waals surface area contributed by atoms with Crippen LogP contribution in [-0.4, -0.2) is 28.7 Å². The minimum atomic E-state index is -1.04. The summed E-state index contributed by atoms with van der Waals surface area (Å²) in [4.78, 5) is 40.2. The molecule has 4 rings (SSSR count). The summed E-state index contributed by atoms with van der Waals surface area (Å²) in [6.07, 6.45) is 0.173. The van der Waals surface area contributed by atoms with Gasteiger partial charge in [-0.2, -0.15) is 0 Å². The molecule has 1 aliphatic heterocycles. The summed E-state index contributed by atoms with van der Waals surface area (Å²) in [5.41, 5.74) is 1.78. The van der Waals surface area contributed by atoms with Crippen molar-refractivity contribution in [2.45, 2.75) is 12.5 Å². The normalized spacial score (nSPS) is 13.9. The van der Waals surface area contributed by atoms with Crippen LogP contribution in [0.5, 0.6) is 0 Å². The van der Waals surface area contributed by atoms with Gasteiger partial charge in [0.05, 0.1) is 11.1 Å². The van der Waals surface area contributed by atoms with Crippen molar-refractivity contribution < 1.29 is 14.4 Å². The quantitative estimate of drug-likeness (QED) is 0.579. The van der Waals surface area contributed by atoms with E-state index >= 15 is 0 Å². The Morgan fingerprint density at radius 1 is 0.833 bits per heavy atom. The van der Waals surface area contributed by atoms with Crippen LogP contribution < -0.4 is 5.32 Å². The summed E-state index contributed by atoms with van der Waals surface area (Å²) in [5.74, 6) is -1.49. The van der Waals surface area contributed by atoms with Crippen LogP contribution in [0.25, 0.3) is 0 Å². The molecule has 5 nitrogen and oxygen atoms in total. The number of hydrogen-bond acceptors (Lipinski definition) is 3. The number of nitrogens with zero attached hydrogens (tertiary/aromatic N) is 1. The molecule has 0 saturated carbocycles. The minimum absolute atomic E-state index is 0.173. The average molecular weight is 439 g/mol. The Morgan fingerprint density at radius 3 is 1.93 bits per heavy atom. The van der Waals surface area contributed by atoms with E-state index < -0.39 is 23.8 Å². The third-order valence-electron chi connectivity index (χ3n) is 4.84. The van der Waals surface area contributed by atoms with Crippen molar-refractivity contribution in [2.75, 3.05) is 5.32 Å². The van der Waals surface area contributed by atoms with Gasteiger partial charge < -0.3 is 5.32 Å². The number of benzene rings is 3. The SMILES string of the molecule is O=C(Nc1cc(Cl)cc(Cl)c1)[C@@H](Cc1ccccc1)N1C(=O)c2ccccc2C1=O. The van der Waals surface area contributed by atoms with Crippen molar-refractivity contribution in [3.63, 3.8) is 0 Å². The highest BCUT2D eigenvalue weighted by Gasteiger charge is 2.42. The number of carbonyl (C=O) groups is 3. The molecule has 30 heavy (non-hydrogen) atoms. The molecule has 1 aliphatic rings. The molecule has 7 heteroatoms. The first-order valence-electron chi connectivity index (χ1n) is 9.22. The Bertz CT molecular complexity index is 1090. The Balaban J connectivity index is 1.69. The van der Waals surface area contributed by atoms with Gasteiger partial charge in [-0.3, -0.25) is 19.3 Å². The molecule has 0 saturated heterocycles. The van der Waals surface area contributed by atoms with Gasteiger partial charge in [-0.05, 0) is 35.9 Å². The molecule has 1 atom stereocenters. The first-order chi connectivity index (χ1) is 14.4. The maximum Gasteiger partial charge on any atom is 0.262 e. The summed E-state index contributed by atoms with van der Waals surface area (Å²) in [7, 11) is 0. The fourth-order valence-electron chi connectivity index (χ4n) is 3.48. The van der Waals surface area contributed by atoms with Crippen LogP contribution in [0.15, 0.2) is 72.8 Å². The number of nitrogens with one attached hydrogen (secondary N) is 1. The number of anilines is 1. The first-order valence-corrected chi connectivity index (χ1v) is 9.97. The van der Waals surface area contributed by atoms with Crippen LogP contribution in [0.2, 0.25) is 10.0 Å². The third kappa shape index (κ3) is 3.95. The van der Waals surface area contributed by atoms with Crippen LogP contribution in [0, 0.1) is 0 Å². The van der Waals surface area contributed by atoms with Gasteiger partial charge in [0.25, 0.3) is 11.8 Å². The smallest absolute Gasteiger partial charge is 0.262 e. The fourth-order valence-corrected chi connectivity index (χ4v) is 4.01. The predicted molar refractivity (Wildman–Crippen MR) is 116 cm³/mol. The van der Waals surface area contributed by atoms with Crippen LogP contribution in [0.3, 0.4) is 0 Å². The van der Waals surface area contributed by atoms with Crippen molar-refractivity contribution >= 4 is 46.6 Å². The standard InChI is InChI=1S/C23H16Cl2N2O3/c24-15-11-16(25)13-17(12-15)26-21(28)20(10-14-6-2-1-3-7-14)27-22(29)18-8-4-5-9-19(18)23(27)30/h1-9,11-13,20H,10H2,(H,26,28)/t20-/m1/s1. The average Bonchev–Trinajstić information content (AvgIpc) is 2.97. The maximum absolute atomic E-state index is 13.2. The summed E-state index contributed by atoms with van der Waals surface area (Å²) >= 11 is 12.0. The molecular weight excluding hydrogens is 423 g/mol. The monoisotopic (exact) mass is 438 g/mol. The van der Waals surface area contributed by atoms with Crippen LogP contribution in [0.4, 0.5) is 5.69 Å². The van der Waals surface area contributed by atoms with Gasteiger partial charge in [0.15, 0.2) is 0 Å². The topological polar surface area (TPSA) is 66.5 Å². The molecular formula is C23H16Cl2N2O3. The van der Waals surface area contributed by atoms with Crippen molar-refractivity contribution in [3.05, 3.63) is 99.5 Å². The largest absolute Gasteiger partial charge is 0.324 e. The highest BCUT2D eigenvalue weighted by molar-refractivity contribution is 6.35. The molecule has 0 fully saturated rings. The van der Waals surface area contributed by atoms with Gasteiger partial charge in [0, 0.05) is 22.2 Å². The lowest BCUT2D eigenvalue weighted by Gasteiger charge is -2.25. The van der Waals surface area contributed by atoms with E-state index in [0.29, 0.717) is 26.9 Å². The van der Waals surface area contributed by atoms with Crippen molar-refractivity contribution in [1.29, 1.82) is 0 Å². The summed E-state index contributed by atoms with van der Waals surface area (Å²) in [6.45, 7) is 0. The molecule has 0 bridgehead atoms. The van der Waals surface area contributed by atoms with Gasteiger partial charge in [0.2, 0.25) is 5.91 Å². The number of carbonyl (C=O) groups excluding carboxylic acids is 3. The van der Waals surface area contributed by atoms with E-state index in [4.69, 9.17) is 23.2 Å². The molecule has 0 aromatic heterocycles. The molecule has 3 amide bonds. The van der Waals surface area contributed by atoms with Crippen molar-refractivity contribution in [1.82, 2.24) is 4.90 Å². The van der Waals surface area contributed by atoms with Gasteiger partial charge in [-0.15, -0.1) is 0 Å². The molecule has 0 aliphatic carbocycles. The number of fused-ring (bicyclic) bond motifs is 1. The summed E-state index contributed by atoms with van der Waals surface area (Å²) in [6, 6.07) is 19.4. The van der Waals surface area contributed by atoms with E-state index in [1.54, 1.807) is 42.5 Å². The zero-order chi connectivity index (χ0) is 21.3. The van der Waals surface area contributed by atoms with Crippen LogP contribution >= 0.6 is 23.2 Å². The fraction of sp³-hybridized carbons (Fsp3) is 0.0870. The van der Waals surface area contributed by atoms with Gasteiger partial charge in [-0.1, -0.05) is 65.7 Å². The van der Waals surface area contributed by atoms with E-state index in [1.807, 2.05) is 30.3 Å². The highest BCUT2D eigenvalue weighted by Crippen LogP contribution is 2.28. The summed E-state index contributed by atoms with van der Waals surface area (Å²) < 4.78 is 0. The predicted octanol–water partition coefficient (Wildman–Crippen LogP) is 4.84. The lowest BCUT2D eigenvalue weighted by Crippen LogP contribution is -2.48.